The van der Waals surface area contributed by atoms with Crippen LogP contribution >= 0.6 is 0 Å². The Morgan fingerprint density at radius 1 is 1.21 bits per heavy atom. The molecular weight excluding hydrogens is 184 g/mol. The van der Waals surface area contributed by atoms with E-state index in [4.69, 9.17) is 4.74 Å². The summed E-state index contributed by atoms with van der Waals surface area (Å²) in [4.78, 5) is 21.7. The average Bonchev–Trinajstić information content (AvgIpc) is 2.01. The molecule has 0 saturated carbocycles. The second-order valence-corrected chi connectivity index (χ2v) is 3.60. The summed E-state index contributed by atoms with van der Waals surface area (Å²) in [5, 5.41) is 0. The molecule has 0 saturated heterocycles. The van der Waals surface area contributed by atoms with Gasteiger partial charge in [0.15, 0.2) is 6.10 Å². The Morgan fingerprint density at radius 3 is 2.21 bits per heavy atom. The van der Waals surface area contributed by atoms with Gasteiger partial charge in [-0.05, 0) is 19.3 Å². The van der Waals surface area contributed by atoms with Crippen LogP contribution in [0, 0.1) is 5.92 Å². The maximum Gasteiger partial charge on any atom is 0.347 e. The van der Waals surface area contributed by atoms with Gasteiger partial charge in [-0.1, -0.05) is 13.8 Å². The van der Waals surface area contributed by atoms with Crippen LogP contribution in [0.15, 0.2) is 0 Å². The summed E-state index contributed by atoms with van der Waals surface area (Å²) in [7, 11) is 0. The molecule has 0 aromatic carbocycles. The molecule has 0 N–H and O–H groups in total. The first kappa shape index (κ1) is 12.9. The normalized spacial score (nSPS) is 12.4. The summed E-state index contributed by atoms with van der Waals surface area (Å²) in [6.07, 6.45) is 0.0121. The predicted octanol–water partition coefficient (Wildman–Crippen LogP) is 1.53. The van der Waals surface area contributed by atoms with Gasteiger partial charge in [0, 0.05) is 6.92 Å². The molecule has 0 aliphatic carbocycles. The maximum absolute atomic E-state index is 11.2. The molecule has 82 valence electrons. The van der Waals surface area contributed by atoms with Crippen molar-refractivity contribution in [2.45, 2.75) is 40.2 Å². The third-order valence-corrected chi connectivity index (χ3v) is 1.61. The van der Waals surface area contributed by atoms with E-state index in [9.17, 15) is 9.59 Å². The first-order valence-corrected chi connectivity index (χ1v) is 4.77. The number of esters is 2. The van der Waals surface area contributed by atoms with Gasteiger partial charge in [-0.15, -0.1) is 0 Å². The second kappa shape index (κ2) is 6.40. The van der Waals surface area contributed by atoms with E-state index < -0.39 is 18.0 Å². The molecule has 0 heterocycles. The maximum atomic E-state index is 11.2. The van der Waals surface area contributed by atoms with E-state index in [0.717, 1.165) is 6.42 Å². The third kappa shape index (κ3) is 6.46. The minimum Gasteiger partial charge on any atom is -0.463 e. The van der Waals surface area contributed by atoms with E-state index in [-0.39, 0.29) is 0 Å². The van der Waals surface area contributed by atoms with Crippen molar-refractivity contribution in [3.63, 3.8) is 0 Å². The van der Waals surface area contributed by atoms with Crippen LogP contribution in [0.25, 0.3) is 0 Å². The van der Waals surface area contributed by atoms with Crippen LogP contribution in [0.1, 0.15) is 34.1 Å². The monoisotopic (exact) mass is 202 g/mol. The predicted molar refractivity (Wildman–Crippen MR) is 51.6 cm³/mol. The van der Waals surface area contributed by atoms with Crippen molar-refractivity contribution in [2.75, 3.05) is 6.61 Å². The molecule has 0 aromatic rings. The molecule has 4 heteroatoms. The average molecular weight is 202 g/mol. The molecule has 0 spiro atoms. The first-order chi connectivity index (χ1) is 6.43. The quantitative estimate of drug-likeness (QED) is 0.634. The van der Waals surface area contributed by atoms with Gasteiger partial charge in [-0.3, -0.25) is 4.79 Å². The fourth-order valence-corrected chi connectivity index (χ4v) is 0.810. The van der Waals surface area contributed by atoms with Crippen LogP contribution in [0.5, 0.6) is 0 Å². The Morgan fingerprint density at radius 2 is 1.79 bits per heavy atom. The molecule has 0 bridgehead atoms. The number of rotatable bonds is 5. The lowest BCUT2D eigenvalue weighted by atomic mass is 10.1. The molecule has 0 aliphatic heterocycles. The lowest BCUT2D eigenvalue weighted by Crippen LogP contribution is -2.25. The molecule has 1 atom stereocenters. The topological polar surface area (TPSA) is 52.6 Å². The summed E-state index contributed by atoms with van der Waals surface area (Å²) in [5.41, 5.74) is 0. The third-order valence-electron chi connectivity index (χ3n) is 1.61. The van der Waals surface area contributed by atoms with E-state index in [2.05, 4.69) is 4.74 Å². The zero-order valence-electron chi connectivity index (χ0n) is 9.20. The van der Waals surface area contributed by atoms with Crippen molar-refractivity contribution in [1.82, 2.24) is 0 Å². The highest BCUT2D eigenvalue weighted by Gasteiger charge is 2.16. The minimum atomic E-state index is -0.806. The van der Waals surface area contributed by atoms with Crippen molar-refractivity contribution < 1.29 is 19.1 Å². The van der Waals surface area contributed by atoms with Crippen molar-refractivity contribution in [3.05, 3.63) is 0 Å². The second-order valence-electron chi connectivity index (χ2n) is 3.60. The Bertz CT molecular complexity index is 198. The molecule has 0 aliphatic rings. The van der Waals surface area contributed by atoms with Crippen LogP contribution in [0.2, 0.25) is 0 Å². The van der Waals surface area contributed by atoms with Gasteiger partial charge in [-0.2, -0.15) is 0 Å². The number of carbonyl (C=O) groups is 2. The van der Waals surface area contributed by atoms with E-state index >= 15 is 0 Å². The molecule has 1 unspecified atom stereocenters. The Kier molecular flexibility index (Phi) is 5.92. The molecule has 14 heavy (non-hydrogen) atoms. The van der Waals surface area contributed by atoms with E-state index in [0.29, 0.717) is 12.5 Å². The van der Waals surface area contributed by atoms with Crippen LogP contribution in [0.3, 0.4) is 0 Å². The van der Waals surface area contributed by atoms with Gasteiger partial charge in [0.05, 0.1) is 6.61 Å². The van der Waals surface area contributed by atoms with Crippen LogP contribution in [-0.4, -0.2) is 24.6 Å². The Hall–Kier alpha value is -1.06. The fraction of sp³-hybridized carbons (Fsp3) is 0.800. The van der Waals surface area contributed by atoms with Gasteiger partial charge in [0.1, 0.15) is 0 Å². The van der Waals surface area contributed by atoms with Gasteiger partial charge >= 0.3 is 11.9 Å². The highest BCUT2D eigenvalue weighted by atomic mass is 16.6. The molecule has 4 nitrogen and oxygen atoms in total. The summed E-state index contributed by atoms with van der Waals surface area (Å²) in [6.45, 7) is 7.23. The van der Waals surface area contributed by atoms with Crippen molar-refractivity contribution in [3.8, 4) is 0 Å². The van der Waals surface area contributed by atoms with Crippen LogP contribution in [0.4, 0.5) is 0 Å². The van der Waals surface area contributed by atoms with Crippen LogP contribution in [-0.2, 0) is 19.1 Å². The lowest BCUT2D eigenvalue weighted by Gasteiger charge is -2.11. The van der Waals surface area contributed by atoms with Crippen molar-refractivity contribution in [1.29, 1.82) is 0 Å². The lowest BCUT2D eigenvalue weighted by molar-refractivity contribution is -0.165. The summed E-state index contributed by atoms with van der Waals surface area (Å²) in [5.74, 6) is -0.467. The Labute approximate surface area is 84.6 Å². The van der Waals surface area contributed by atoms with Gasteiger partial charge in [0.25, 0.3) is 0 Å². The minimum absolute atomic E-state index is 0.377. The summed E-state index contributed by atoms with van der Waals surface area (Å²) < 4.78 is 9.56. The summed E-state index contributed by atoms with van der Waals surface area (Å²) >= 11 is 0. The number of carbonyl (C=O) groups excluding carboxylic acids is 2. The zero-order valence-corrected chi connectivity index (χ0v) is 9.20. The molecule has 0 rings (SSSR count). The van der Waals surface area contributed by atoms with E-state index in [1.54, 1.807) is 0 Å². The Balaban J connectivity index is 3.67. The molecular formula is C10H18O4. The number of hydrogen-bond acceptors (Lipinski definition) is 4. The van der Waals surface area contributed by atoms with Crippen molar-refractivity contribution >= 4 is 11.9 Å². The van der Waals surface area contributed by atoms with Gasteiger partial charge in [-0.25, -0.2) is 4.79 Å². The number of hydrogen-bond donors (Lipinski definition) is 0. The standard InChI is InChI=1S/C10H18O4/c1-7(2)5-6-13-10(12)8(3)14-9(4)11/h7-8H,5-6H2,1-4H3. The van der Waals surface area contributed by atoms with Gasteiger partial charge < -0.3 is 9.47 Å². The van der Waals surface area contributed by atoms with Gasteiger partial charge in [0.2, 0.25) is 0 Å². The highest BCUT2D eigenvalue weighted by Crippen LogP contribution is 2.01. The van der Waals surface area contributed by atoms with E-state index in [1.807, 2.05) is 13.8 Å². The van der Waals surface area contributed by atoms with Crippen molar-refractivity contribution in [2.24, 2.45) is 5.92 Å². The molecule has 0 aromatic heterocycles. The molecule has 0 fully saturated rings. The highest BCUT2D eigenvalue weighted by molar-refractivity contribution is 5.78. The fourth-order valence-electron chi connectivity index (χ4n) is 0.810. The smallest absolute Gasteiger partial charge is 0.347 e. The van der Waals surface area contributed by atoms with E-state index in [1.165, 1.54) is 13.8 Å². The SMILES string of the molecule is CC(=O)OC(C)C(=O)OCCC(C)C. The number of ether oxygens (including phenoxy) is 2. The molecule has 0 amide bonds. The van der Waals surface area contributed by atoms with Crippen LogP contribution < -0.4 is 0 Å². The summed E-state index contributed by atoms with van der Waals surface area (Å²) in [6, 6.07) is 0. The molecule has 0 radical (unpaired) electrons. The first-order valence-electron chi connectivity index (χ1n) is 4.77. The largest absolute Gasteiger partial charge is 0.463 e. The zero-order chi connectivity index (χ0) is 11.1.